The van der Waals surface area contributed by atoms with Gasteiger partial charge < -0.3 is 11.1 Å². The maximum atomic E-state index is 12.2. The molecule has 0 unspecified atom stereocenters. The Morgan fingerprint density at radius 2 is 1.92 bits per heavy atom. The lowest BCUT2D eigenvalue weighted by Gasteiger charge is -2.31. The van der Waals surface area contributed by atoms with Crippen molar-refractivity contribution >= 4 is 11.8 Å². The Morgan fingerprint density at radius 1 is 1.25 bits per heavy atom. The average molecular weight is 331 g/mol. The predicted molar refractivity (Wildman–Crippen MR) is 95.3 cm³/mol. The van der Waals surface area contributed by atoms with Gasteiger partial charge in [-0.2, -0.15) is 0 Å². The number of hydrogen-bond acceptors (Lipinski definition) is 3. The summed E-state index contributed by atoms with van der Waals surface area (Å²) in [5.41, 5.74) is 6.54. The van der Waals surface area contributed by atoms with Gasteiger partial charge >= 0.3 is 0 Å². The first-order valence-corrected chi connectivity index (χ1v) is 8.87. The minimum absolute atomic E-state index is 0.143. The number of likely N-dealkylation sites (tertiary alicyclic amines) is 1. The summed E-state index contributed by atoms with van der Waals surface area (Å²) in [6, 6.07) is 10.6. The van der Waals surface area contributed by atoms with E-state index in [1.54, 1.807) is 0 Å². The van der Waals surface area contributed by atoms with Crippen LogP contribution in [0.2, 0.25) is 0 Å². The summed E-state index contributed by atoms with van der Waals surface area (Å²) in [5.74, 6) is 0.230. The fraction of sp³-hybridized carbons (Fsp3) is 0.579. The minimum Gasteiger partial charge on any atom is -0.369 e. The first-order chi connectivity index (χ1) is 11.5. The van der Waals surface area contributed by atoms with E-state index in [0.29, 0.717) is 18.9 Å². The van der Waals surface area contributed by atoms with E-state index >= 15 is 0 Å². The Bertz CT molecular complexity index is 525. The first-order valence-electron chi connectivity index (χ1n) is 8.87. The summed E-state index contributed by atoms with van der Waals surface area (Å²) in [4.78, 5) is 25.2. The summed E-state index contributed by atoms with van der Waals surface area (Å²) in [6.07, 6.45) is 4.39. The molecule has 1 saturated heterocycles. The second-order valence-electron chi connectivity index (χ2n) is 6.92. The van der Waals surface area contributed by atoms with Gasteiger partial charge in [0.15, 0.2) is 0 Å². The summed E-state index contributed by atoms with van der Waals surface area (Å²) in [5, 5.41) is 3.14. The van der Waals surface area contributed by atoms with Gasteiger partial charge in [-0.3, -0.25) is 14.5 Å². The number of benzene rings is 1. The smallest absolute Gasteiger partial charge is 0.231 e. The van der Waals surface area contributed by atoms with E-state index < -0.39 is 0 Å². The monoisotopic (exact) mass is 331 g/mol. The molecule has 0 radical (unpaired) electrons. The van der Waals surface area contributed by atoms with Crippen LogP contribution < -0.4 is 11.1 Å². The molecule has 0 spiro atoms. The molecule has 24 heavy (non-hydrogen) atoms. The number of carbonyl (C=O) groups excluding carboxylic acids is 2. The number of nitrogens with two attached hydrogens (primary N) is 1. The van der Waals surface area contributed by atoms with Crippen molar-refractivity contribution in [2.75, 3.05) is 19.6 Å². The predicted octanol–water partition coefficient (Wildman–Crippen LogP) is 1.71. The van der Waals surface area contributed by atoms with Crippen LogP contribution in [-0.2, 0) is 16.0 Å². The van der Waals surface area contributed by atoms with Gasteiger partial charge in [0.05, 0.1) is 6.54 Å². The quantitative estimate of drug-likeness (QED) is 0.761. The van der Waals surface area contributed by atoms with Crippen LogP contribution in [0.4, 0.5) is 0 Å². The summed E-state index contributed by atoms with van der Waals surface area (Å²) >= 11 is 0. The van der Waals surface area contributed by atoms with Crippen LogP contribution in [0.3, 0.4) is 0 Å². The van der Waals surface area contributed by atoms with Crippen molar-refractivity contribution in [3.05, 3.63) is 35.9 Å². The Labute approximate surface area is 144 Å². The van der Waals surface area contributed by atoms with Crippen molar-refractivity contribution < 1.29 is 9.59 Å². The summed E-state index contributed by atoms with van der Waals surface area (Å²) in [6.45, 7) is 4.09. The van der Waals surface area contributed by atoms with Gasteiger partial charge in [-0.15, -0.1) is 0 Å². The largest absolute Gasteiger partial charge is 0.369 e. The van der Waals surface area contributed by atoms with Crippen molar-refractivity contribution in [1.82, 2.24) is 10.2 Å². The number of piperidine rings is 1. The van der Waals surface area contributed by atoms with E-state index in [4.69, 9.17) is 5.73 Å². The van der Waals surface area contributed by atoms with Crippen LogP contribution in [0.5, 0.6) is 0 Å². The van der Waals surface area contributed by atoms with Crippen LogP contribution in [0.25, 0.3) is 0 Å². The molecule has 0 aromatic heterocycles. The van der Waals surface area contributed by atoms with Crippen molar-refractivity contribution in [2.24, 2.45) is 11.7 Å². The molecule has 1 aromatic rings. The highest BCUT2D eigenvalue weighted by molar-refractivity contribution is 5.76. The lowest BCUT2D eigenvalue weighted by molar-refractivity contribution is -0.123. The third kappa shape index (κ3) is 6.71. The molecule has 0 aliphatic carbocycles. The lowest BCUT2D eigenvalue weighted by atomic mass is 9.97. The number of hydrogen-bond donors (Lipinski definition) is 2. The van der Waals surface area contributed by atoms with Gasteiger partial charge in [0.25, 0.3) is 0 Å². The zero-order valence-electron chi connectivity index (χ0n) is 14.5. The second kappa shape index (κ2) is 9.42. The zero-order chi connectivity index (χ0) is 17.4. The van der Waals surface area contributed by atoms with E-state index in [-0.39, 0.29) is 17.9 Å². The Balaban J connectivity index is 1.63. The first kappa shape index (κ1) is 18.5. The lowest BCUT2D eigenvalue weighted by Crippen LogP contribution is -2.46. The van der Waals surface area contributed by atoms with Crippen molar-refractivity contribution in [2.45, 2.75) is 45.1 Å². The molecule has 132 valence electrons. The number of nitrogens with one attached hydrogen (secondary N) is 1. The molecule has 0 saturated carbocycles. The molecule has 2 amide bonds. The summed E-state index contributed by atoms with van der Waals surface area (Å²) in [7, 11) is 0. The maximum Gasteiger partial charge on any atom is 0.231 e. The van der Waals surface area contributed by atoms with Gasteiger partial charge in [-0.25, -0.2) is 0 Å². The molecule has 0 bridgehead atoms. The van der Waals surface area contributed by atoms with Gasteiger partial charge in [0, 0.05) is 25.6 Å². The number of amides is 2. The van der Waals surface area contributed by atoms with Crippen LogP contribution >= 0.6 is 0 Å². The highest BCUT2D eigenvalue weighted by Crippen LogP contribution is 2.14. The Kier molecular flexibility index (Phi) is 7.25. The Hall–Kier alpha value is -1.88. The number of aryl methyl sites for hydroxylation is 1. The normalized spacial score (nSPS) is 17.4. The fourth-order valence-electron chi connectivity index (χ4n) is 3.22. The molecule has 1 heterocycles. The van der Waals surface area contributed by atoms with E-state index in [0.717, 1.165) is 38.8 Å². The van der Waals surface area contributed by atoms with Crippen molar-refractivity contribution in [1.29, 1.82) is 0 Å². The molecule has 5 nitrogen and oxygen atoms in total. The molecule has 3 N–H and O–H groups in total. The standard InChI is InChI=1S/C19H29N3O2/c1-15(7-8-16-5-3-2-4-6-16)13-19(24)21-17-9-11-22(12-10-17)14-18(20)23/h2-6,15,17H,7-14H2,1H3,(H2,20,23)(H,21,24)/t15-/m0/s1. The van der Waals surface area contributed by atoms with Crippen LogP contribution in [0.15, 0.2) is 30.3 Å². The van der Waals surface area contributed by atoms with Crippen LogP contribution in [0, 0.1) is 5.92 Å². The van der Waals surface area contributed by atoms with E-state index in [2.05, 4.69) is 36.5 Å². The highest BCUT2D eigenvalue weighted by Gasteiger charge is 2.21. The van der Waals surface area contributed by atoms with Crippen LogP contribution in [-0.4, -0.2) is 42.4 Å². The van der Waals surface area contributed by atoms with Crippen molar-refractivity contribution in [3.63, 3.8) is 0 Å². The molecule has 1 aliphatic heterocycles. The molecule has 1 aromatic carbocycles. The molecule has 1 aliphatic rings. The number of carbonyl (C=O) groups is 2. The van der Waals surface area contributed by atoms with Gasteiger partial charge in [-0.05, 0) is 37.2 Å². The molecular formula is C19H29N3O2. The second-order valence-corrected chi connectivity index (χ2v) is 6.92. The molecule has 1 atom stereocenters. The van der Waals surface area contributed by atoms with Gasteiger partial charge in [0.1, 0.15) is 0 Å². The number of nitrogens with zero attached hydrogens (tertiary/aromatic N) is 1. The fourth-order valence-corrected chi connectivity index (χ4v) is 3.22. The number of rotatable bonds is 8. The topological polar surface area (TPSA) is 75.4 Å². The van der Waals surface area contributed by atoms with E-state index in [1.807, 2.05) is 11.0 Å². The summed E-state index contributed by atoms with van der Waals surface area (Å²) < 4.78 is 0. The Morgan fingerprint density at radius 3 is 2.54 bits per heavy atom. The van der Waals surface area contributed by atoms with Gasteiger partial charge in [0.2, 0.25) is 11.8 Å². The number of primary amides is 1. The highest BCUT2D eigenvalue weighted by atomic mass is 16.2. The van der Waals surface area contributed by atoms with Crippen molar-refractivity contribution in [3.8, 4) is 0 Å². The molecular weight excluding hydrogens is 302 g/mol. The van der Waals surface area contributed by atoms with Crippen LogP contribution in [0.1, 0.15) is 38.2 Å². The third-order valence-corrected chi connectivity index (χ3v) is 4.63. The zero-order valence-corrected chi connectivity index (χ0v) is 14.5. The van der Waals surface area contributed by atoms with E-state index in [1.165, 1.54) is 5.56 Å². The minimum atomic E-state index is -0.287. The van der Waals surface area contributed by atoms with E-state index in [9.17, 15) is 9.59 Å². The maximum absolute atomic E-state index is 12.2. The molecule has 1 fully saturated rings. The SMILES string of the molecule is C[C@@H](CCc1ccccc1)CC(=O)NC1CCN(CC(N)=O)CC1. The molecule has 5 heteroatoms. The van der Waals surface area contributed by atoms with Gasteiger partial charge in [-0.1, -0.05) is 37.3 Å². The average Bonchev–Trinajstić information content (AvgIpc) is 2.55. The third-order valence-electron chi connectivity index (χ3n) is 4.63. The molecule has 2 rings (SSSR count).